The molecule has 0 fully saturated rings. The van der Waals surface area contributed by atoms with Crippen LogP contribution in [0.25, 0.3) is 0 Å². The third kappa shape index (κ3) is 3.81. The van der Waals surface area contributed by atoms with E-state index in [2.05, 4.69) is 6.07 Å². The quantitative estimate of drug-likeness (QED) is 0.829. The molecule has 0 aliphatic rings. The van der Waals surface area contributed by atoms with Crippen LogP contribution in [0.1, 0.15) is 0 Å². The molecular formula is C12H10CsO. The molecule has 0 bridgehead atoms. The van der Waals surface area contributed by atoms with E-state index in [0.717, 1.165) is 11.5 Å². The van der Waals surface area contributed by atoms with Crippen LogP contribution < -0.4 is 4.74 Å². The van der Waals surface area contributed by atoms with Crippen molar-refractivity contribution in [2.45, 2.75) is 0 Å². The second-order valence-corrected chi connectivity index (χ2v) is 2.65. The van der Waals surface area contributed by atoms with Gasteiger partial charge in [-0.1, -0.05) is 30.3 Å². The van der Waals surface area contributed by atoms with Gasteiger partial charge in [-0.3, -0.25) is 0 Å². The Balaban J connectivity index is 0.000000980. The van der Waals surface area contributed by atoms with Gasteiger partial charge in [0.05, 0.1) is 0 Å². The summed E-state index contributed by atoms with van der Waals surface area (Å²) < 4.78 is 5.56. The summed E-state index contributed by atoms with van der Waals surface area (Å²) in [5.41, 5.74) is 0. The minimum Gasteiger partial charge on any atom is -0.457 e. The number of rotatable bonds is 2. The second-order valence-electron chi connectivity index (χ2n) is 2.65. The van der Waals surface area contributed by atoms with Crippen molar-refractivity contribution in [1.82, 2.24) is 0 Å². The van der Waals surface area contributed by atoms with Gasteiger partial charge in [-0.2, -0.15) is 0 Å². The molecule has 2 aromatic rings. The summed E-state index contributed by atoms with van der Waals surface area (Å²) in [6.07, 6.45) is 0. The average molecular weight is 303 g/mol. The molecule has 0 aromatic heterocycles. The van der Waals surface area contributed by atoms with Gasteiger partial charge in [0, 0.05) is 0 Å². The first-order valence-corrected chi connectivity index (χ1v) is 4.14. The first-order chi connectivity index (χ1) is 6.45. The molecule has 0 saturated heterocycles. The van der Waals surface area contributed by atoms with Crippen LogP contribution in [-0.4, -0.2) is 68.9 Å². The molecule has 2 heteroatoms. The summed E-state index contributed by atoms with van der Waals surface area (Å²) in [4.78, 5) is 0. The Morgan fingerprint density at radius 2 is 1.36 bits per heavy atom. The van der Waals surface area contributed by atoms with Crippen molar-refractivity contribution in [3.8, 4) is 11.5 Å². The summed E-state index contributed by atoms with van der Waals surface area (Å²) in [5, 5.41) is 0. The Morgan fingerprint density at radius 3 is 2.00 bits per heavy atom. The van der Waals surface area contributed by atoms with E-state index in [1.807, 2.05) is 54.6 Å². The fourth-order valence-electron chi connectivity index (χ4n) is 1.06. The number of hydrogen-bond acceptors (Lipinski definition) is 1. The van der Waals surface area contributed by atoms with Gasteiger partial charge in [0.1, 0.15) is 11.5 Å². The van der Waals surface area contributed by atoms with Crippen LogP contribution in [0.15, 0.2) is 54.6 Å². The van der Waals surface area contributed by atoms with Crippen LogP contribution in [0, 0.1) is 6.07 Å². The molecular weight excluding hydrogens is 293 g/mol. The Bertz CT molecular complexity index is 321. The van der Waals surface area contributed by atoms with E-state index < -0.39 is 0 Å². The standard InChI is InChI=1S/C12H9O.Cs.H/c1-3-7-11(8-4-1)13-12-9-5-2-6-10-12;;/h1,3-10H;;. The minimum atomic E-state index is 0. The van der Waals surface area contributed by atoms with Crippen molar-refractivity contribution in [2.75, 3.05) is 0 Å². The molecule has 0 N–H and O–H groups in total. The molecule has 0 unspecified atom stereocenters. The number of para-hydroxylation sites is 1. The first kappa shape index (κ1) is 12.4. The Kier molecular flexibility index (Phi) is 5.93. The monoisotopic (exact) mass is 303 g/mol. The maximum atomic E-state index is 5.56. The van der Waals surface area contributed by atoms with E-state index in [4.69, 9.17) is 4.74 Å². The number of hydrogen-bond donors (Lipinski definition) is 0. The first-order valence-electron chi connectivity index (χ1n) is 4.14. The van der Waals surface area contributed by atoms with Crippen molar-refractivity contribution in [3.63, 3.8) is 0 Å². The van der Waals surface area contributed by atoms with Crippen molar-refractivity contribution in [1.29, 1.82) is 0 Å². The Hall–Kier alpha value is 0.292. The van der Waals surface area contributed by atoms with Gasteiger partial charge in [0.15, 0.2) is 0 Å². The van der Waals surface area contributed by atoms with Gasteiger partial charge in [0.25, 0.3) is 0 Å². The number of benzene rings is 2. The zero-order chi connectivity index (χ0) is 8.93. The van der Waals surface area contributed by atoms with E-state index >= 15 is 0 Å². The van der Waals surface area contributed by atoms with Crippen molar-refractivity contribution >= 4 is 68.9 Å². The van der Waals surface area contributed by atoms with Gasteiger partial charge in [-0.15, -0.1) is 0 Å². The fraction of sp³-hybridized carbons (Fsp3) is 0. The van der Waals surface area contributed by atoms with Gasteiger partial charge >= 0.3 is 68.9 Å². The molecule has 0 amide bonds. The molecule has 1 nitrogen and oxygen atoms in total. The van der Waals surface area contributed by atoms with Crippen molar-refractivity contribution in [3.05, 3.63) is 60.7 Å². The Labute approximate surface area is 143 Å². The van der Waals surface area contributed by atoms with Gasteiger partial charge < -0.3 is 4.74 Å². The zero-order valence-electron chi connectivity index (χ0n) is 7.10. The van der Waals surface area contributed by atoms with Crippen LogP contribution in [0.2, 0.25) is 0 Å². The Morgan fingerprint density at radius 1 is 0.786 bits per heavy atom. The molecule has 1 radical (unpaired) electrons. The summed E-state index contributed by atoms with van der Waals surface area (Å²) in [6.45, 7) is 0. The van der Waals surface area contributed by atoms with E-state index in [9.17, 15) is 0 Å². The van der Waals surface area contributed by atoms with Crippen LogP contribution in [0.4, 0.5) is 0 Å². The minimum absolute atomic E-state index is 0. The van der Waals surface area contributed by atoms with E-state index in [0.29, 0.717) is 0 Å². The molecule has 2 aromatic carbocycles. The average Bonchev–Trinajstić information content (AvgIpc) is 2.21. The summed E-state index contributed by atoms with van der Waals surface area (Å²) in [5.74, 6) is 1.69. The molecule has 14 heavy (non-hydrogen) atoms. The van der Waals surface area contributed by atoms with Crippen LogP contribution >= 0.6 is 0 Å². The van der Waals surface area contributed by atoms with Crippen LogP contribution in [0.5, 0.6) is 11.5 Å². The smallest absolute Gasteiger partial charge is 0.127 e. The van der Waals surface area contributed by atoms with E-state index in [1.54, 1.807) is 0 Å². The van der Waals surface area contributed by atoms with Crippen LogP contribution in [0.3, 0.4) is 0 Å². The third-order valence-corrected chi connectivity index (χ3v) is 1.67. The zero-order valence-corrected chi connectivity index (χ0v) is 7.10. The van der Waals surface area contributed by atoms with Gasteiger partial charge in [-0.25, -0.2) is 0 Å². The second kappa shape index (κ2) is 6.72. The maximum Gasteiger partial charge on any atom is 0.127 e. The van der Waals surface area contributed by atoms with E-state index in [1.165, 1.54) is 0 Å². The van der Waals surface area contributed by atoms with Gasteiger partial charge in [0.2, 0.25) is 0 Å². The summed E-state index contributed by atoms with van der Waals surface area (Å²) >= 11 is 0. The molecule has 0 atom stereocenters. The summed E-state index contributed by atoms with van der Waals surface area (Å²) in [7, 11) is 0. The molecule has 65 valence electrons. The largest absolute Gasteiger partial charge is 0.457 e. The molecule has 2 rings (SSSR count). The van der Waals surface area contributed by atoms with Crippen molar-refractivity contribution < 1.29 is 4.74 Å². The van der Waals surface area contributed by atoms with Crippen molar-refractivity contribution in [2.24, 2.45) is 0 Å². The maximum absolute atomic E-state index is 5.56. The fourth-order valence-corrected chi connectivity index (χ4v) is 1.06. The molecule has 0 aliphatic carbocycles. The molecule has 0 aliphatic heterocycles. The normalized spacial score (nSPS) is 8.86. The van der Waals surface area contributed by atoms with Crippen LogP contribution in [-0.2, 0) is 0 Å². The predicted molar refractivity (Wildman–Crippen MR) is 58.9 cm³/mol. The summed E-state index contributed by atoms with van der Waals surface area (Å²) in [6, 6.07) is 20.1. The molecule has 0 heterocycles. The van der Waals surface area contributed by atoms with Gasteiger partial charge in [-0.05, 0) is 30.3 Å². The number of ether oxygens (including phenoxy) is 1. The topological polar surface area (TPSA) is 9.23 Å². The molecule has 0 spiro atoms. The van der Waals surface area contributed by atoms with E-state index in [-0.39, 0.29) is 68.9 Å². The third-order valence-electron chi connectivity index (χ3n) is 1.67. The SMILES string of the molecule is [CsH].[c]1ccc(Oc2ccccc2)cc1. The molecule has 0 saturated carbocycles. The predicted octanol–water partition coefficient (Wildman–Crippen LogP) is 2.63.